The summed E-state index contributed by atoms with van der Waals surface area (Å²) in [6.07, 6.45) is 0. The number of nitrogen functional groups attached to an aromatic ring is 1. The molecule has 6 heteroatoms. The Labute approximate surface area is 148 Å². The summed E-state index contributed by atoms with van der Waals surface area (Å²) in [5, 5.41) is 2.87. The molecule has 0 saturated carbocycles. The third-order valence-corrected chi connectivity index (χ3v) is 3.20. The molecule has 0 spiro atoms. The van der Waals surface area contributed by atoms with Crippen molar-refractivity contribution in [1.29, 1.82) is 0 Å². The number of halogens is 1. The zero-order valence-electron chi connectivity index (χ0n) is 13.7. The molecule has 0 unspecified atom stereocenters. The Bertz CT molecular complexity index is 632. The number of hydrogen-bond acceptors (Lipinski definition) is 4. The number of benzene rings is 2. The standard InChI is InChI=1S/C18H22N2O3.ClH/c1-2-22-10-11-23-13-14-4-3-5-17(12-14)20-18(21)15-6-8-16(19)9-7-15;/h3-9,12H,2,10-11,13,19H2,1H3,(H,20,21);1H. The van der Waals surface area contributed by atoms with E-state index in [4.69, 9.17) is 15.2 Å². The summed E-state index contributed by atoms with van der Waals surface area (Å²) in [5.41, 5.74) is 8.55. The van der Waals surface area contributed by atoms with Crippen molar-refractivity contribution in [2.75, 3.05) is 30.9 Å². The van der Waals surface area contributed by atoms with Gasteiger partial charge >= 0.3 is 0 Å². The van der Waals surface area contributed by atoms with E-state index in [0.29, 0.717) is 37.7 Å². The molecule has 3 N–H and O–H groups in total. The van der Waals surface area contributed by atoms with E-state index in [-0.39, 0.29) is 18.3 Å². The number of amides is 1. The van der Waals surface area contributed by atoms with Crippen molar-refractivity contribution in [3.05, 3.63) is 59.7 Å². The van der Waals surface area contributed by atoms with Crippen LogP contribution in [0, 0.1) is 0 Å². The Kier molecular flexibility index (Phi) is 8.86. The monoisotopic (exact) mass is 350 g/mol. The second-order valence-corrected chi connectivity index (χ2v) is 5.03. The van der Waals surface area contributed by atoms with Crippen LogP contribution < -0.4 is 11.1 Å². The van der Waals surface area contributed by atoms with Crippen LogP contribution in [0.4, 0.5) is 11.4 Å². The van der Waals surface area contributed by atoms with Crippen LogP contribution in [0.25, 0.3) is 0 Å². The van der Waals surface area contributed by atoms with E-state index in [0.717, 1.165) is 11.3 Å². The molecule has 0 aromatic heterocycles. The van der Waals surface area contributed by atoms with E-state index in [1.54, 1.807) is 24.3 Å². The molecule has 0 fully saturated rings. The fourth-order valence-electron chi connectivity index (χ4n) is 2.03. The second-order valence-electron chi connectivity index (χ2n) is 5.03. The minimum absolute atomic E-state index is 0. The molecule has 2 aromatic carbocycles. The summed E-state index contributed by atoms with van der Waals surface area (Å²) in [4.78, 5) is 12.2. The predicted molar refractivity (Wildman–Crippen MR) is 98.6 cm³/mol. The number of nitrogens with one attached hydrogen (secondary N) is 1. The second kappa shape index (κ2) is 10.6. The first kappa shape index (κ1) is 20.0. The van der Waals surface area contributed by atoms with E-state index in [1.807, 2.05) is 31.2 Å². The number of carbonyl (C=O) groups is 1. The number of anilines is 2. The van der Waals surface area contributed by atoms with Crippen molar-refractivity contribution in [3.8, 4) is 0 Å². The van der Waals surface area contributed by atoms with E-state index in [9.17, 15) is 4.79 Å². The lowest BCUT2D eigenvalue weighted by molar-refractivity contribution is 0.0453. The van der Waals surface area contributed by atoms with Gasteiger partial charge in [-0.2, -0.15) is 0 Å². The van der Waals surface area contributed by atoms with Gasteiger partial charge in [-0.25, -0.2) is 0 Å². The maximum atomic E-state index is 12.2. The molecule has 130 valence electrons. The molecule has 24 heavy (non-hydrogen) atoms. The van der Waals surface area contributed by atoms with Gasteiger partial charge < -0.3 is 20.5 Å². The SMILES string of the molecule is CCOCCOCc1cccc(NC(=O)c2ccc(N)cc2)c1.Cl. The molecule has 1 amide bonds. The third kappa shape index (κ3) is 6.58. The van der Waals surface area contributed by atoms with Crippen molar-refractivity contribution in [3.63, 3.8) is 0 Å². The first-order valence-electron chi connectivity index (χ1n) is 7.60. The van der Waals surface area contributed by atoms with Gasteiger partial charge in [-0.05, 0) is 48.9 Å². The number of hydrogen-bond donors (Lipinski definition) is 2. The van der Waals surface area contributed by atoms with Crippen molar-refractivity contribution >= 4 is 29.7 Å². The Hall–Kier alpha value is -2.08. The lowest BCUT2D eigenvalue weighted by Gasteiger charge is -2.08. The lowest BCUT2D eigenvalue weighted by atomic mass is 10.1. The van der Waals surface area contributed by atoms with Gasteiger partial charge in [-0.15, -0.1) is 12.4 Å². The summed E-state index contributed by atoms with van der Waals surface area (Å²) in [5.74, 6) is -0.167. The highest BCUT2D eigenvalue weighted by Gasteiger charge is 2.06. The highest BCUT2D eigenvalue weighted by Crippen LogP contribution is 2.14. The van der Waals surface area contributed by atoms with Crippen LogP contribution >= 0.6 is 12.4 Å². The smallest absolute Gasteiger partial charge is 0.255 e. The van der Waals surface area contributed by atoms with E-state index in [2.05, 4.69) is 5.32 Å². The molecule has 0 atom stereocenters. The summed E-state index contributed by atoms with van der Waals surface area (Å²) < 4.78 is 10.7. The van der Waals surface area contributed by atoms with Crippen LogP contribution in [0.2, 0.25) is 0 Å². The minimum atomic E-state index is -0.167. The Morgan fingerprint density at radius 1 is 1.08 bits per heavy atom. The lowest BCUT2D eigenvalue weighted by Crippen LogP contribution is -2.12. The Morgan fingerprint density at radius 2 is 1.79 bits per heavy atom. The van der Waals surface area contributed by atoms with E-state index in [1.165, 1.54) is 0 Å². The average Bonchev–Trinajstić information content (AvgIpc) is 2.55. The number of rotatable bonds is 8. The molecule has 0 radical (unpaired) electrons. The Morgan fingerprint density at radius 3 is 2.50 bits per heavy atom. The molecule has 0 saturated heterocycles. The molecular formula is C18H23ClN2O3. The normalized spacial score (nSPS) is 10.0. The van der Waals surface area contributed by atoms with Crippen LogP contribution in [0.15, 0.2) is 48.5 Å². The number of nitrogens with two attached hydrogens (primary N) is 1. The van der Waals surface area contributed by atoms with Gasteiger partial charge in [0.25, 0.3) is 5.91 Å². The zero-order valence-corrected chi connectivity index (χ0v) is 14.5. The zero-order chi connectivity index (χ0) is 16.5. The largest absolute Gasteiger partial charge is 0.399 e. The van der Waals surface area contributed by atoms with Crippen molar-refractivity contribution in [2.45, 2.75) is 13.5 Å². The molecule has 0 aliphatic carbocycles. The first-order valence-corrected chi connectivity index (χ1v) is 7.60. The van der Waals surface area contributed by atoms with Crippen LogP contribution in [0.3, 0.4) is 0 Å². The van der Waals surface area contributed by atoms with E-state index >= 15 is 0 Å². The van der Waals surface area contributed by atoms with Gasteiger partial charge in [0.2, 0.25) is 0 Å². The minimum Gasteiger partial charge on any atom is -0.399 e. The molecular weight excluding hydrogens is 328 g/mol. The van der Waals surface area contributed by atoms with Crippen LogP contribution in [0.1, 0.15) is 22.8 Å². The molecule has 0 aliphatic heterocycles. The van der Waals surface area contributed by atoms with Crippen molar-refractivity contribution in [1.82, 2.24) is 0 Å². The van der Waals surface area contributed by atoms with Crippen molar-refractivity contribution < 1.29 is 14.3 Å². The van der Waals surface area contributed by atoms with Gasteiger partial charge in [-0.3, -0.25) is 4.79 Å². The quantitative estimate of drug-likeness (QED) is 0.564. The molecule has 0 heterocycles. The molecule has 0 aliphatic rings. The fourth-order valence-corrected chi connectivity index (χ4v) is 2.03. The highest BCUT2D eigenvalue weighted by molar-refractivity contribution is 6.04. The maximum Gasteiger partial charge on any atom is 0.255 e. The maximum absolute atomic E-state index is 12.2. The topological polar surface area (TPSA) is 73.6 Å². The number of carbonyl (C=O) groups excluding carboxylic acids is 1. The average molecular weight is 351 g/mol. The van der Waals surface area contributed by atoms with Gasteiger partial charge in [-0.1, -0.05) is 12.1 Å². The van der Waals surface area contributed by atoms with Gasteiger partial charge in [0.05, 0.1) is 19.8 Å². The summed E-state index contributed by atoms with van der Waals surface area (Å²) in [6.45, 7) is 4.27. The predicted octanol–water partition coefficient (Wildman–Crippen LogP) is 3.50. The highest BCUT2D eigenvalue weighted by atomic mass is 35.5. The summed E-state index contributed by atoms with van der Waals surface area (Å²) in [7, 11) is 0. The van der Waals surface area contributed by atoms with Gasteiger partial charge in [0.15, 0.2) is 0 Å². The molecule has 2 rings (SSSR count). The molecule has 2 aromatic rings. The first-order chi connectivity index (χ1) is 11.2. The van der Waals surface area contributed by atoms with E-state index < -0.39 is 0 Å². The summed E-state index contributed by atoms with van der Waals surface area (Å²) >= 11 is 0. The van der Waals surface area contributed by atoms with Gasteiger partial charge in [0.1, 0.15) is 0 Å². The number of ether oxygens (including phenoxy) is 2. The van der Waals surface area contributed by atoms with Gasteiger partial charge in [0, 0.05) is 23.5 Å². The van der Waals surface area contributed by atoms with Crippen molar-refractivity contribution in [2.24, 2.45) is 0 Å². The third-order valence-electron chi connectivity index (χ3n) is 3.20. The van der Waals surface area contributed by atoms with Crippen LogP contribution in [-0.4, -0.2) is 25.7 Å². The van der Waals surface area contributed by atoms with Crippen LogP contribution in [0.5, 0.6) is 0 Å². The summed E-state index contributed by atoms with van der Waals surface area (Å²) in [6, 6.07) is 14.4. The van der Waals surface area contributed by atoms with Crippen LogP contribution in [-0.2, 0) is 16.1 Å². The fraction of sp³-hybridized carbons (Fsp3) is 0.278. The Balaban J connectivity index is 0.00000288. The molecule has 0 bridgehead atoms. The molecule has 5 nitrogen and oxygen atoms in total.